The van der Waals surface area contributed by atoms with Gasteiger partial charge in [0.15, 0.2) is 0 Å². The first-order chi connectivity index (χ1) is 19.3. The van der Waals surface area contributed by atoms with Gasteiger partial charge >= 0.3 is 0 Å². The molecule has 8 nitrogen and oxygen atoms in total. The summed E-state index contributed by atoms with van der Waals surface area (Å²) in [6.45, 7) is 13.4. The van der Waals surface area contributed by atoms with Gasteiger partial charge in [0, 0.05) is 37.8 Å². The number of amides is 2. The number of hydrogen-bond acceptors (Lipinski definition) is 5. The van der Waals surface area contributed by atoms with Gasteiger partial charge in [-0.1, -0.05) is 30.3 Å². The van der Waals surface area contributed by atoms with Crippen molar-refractivity contribution in [1.29, 1.82) is 0 Å². The van der Waals surface area contributed by atoms with Gasteiger partial charge in [-0.2, -0.15) is 0 Å². The van der Waals surface area contributed by atoms with Gasteiger partial charge < -0.3 is 19.1 Å². The number of para-hydroxylation sites is 1. The Hall–Kier alpha value is -3.65. The van der Waals surface area contributed by atoms with Crippen molar-refractivity contribution >= 4 is 28.8 Å². The molecule has 1 atom stereocenters. The number of aromatic nitrogens is 2. The number of carbonyl (C=O) groups is 2. The van der Waals surface area contributed by atoms with E-state index < -0.39 is 0 Å². The molecule has 0 unspecified atom stereocenters. The molecule has 0 spiro atoms. The van der Waals surface area contributed by atoms with Crippen LogP contribution in [0.25, 0.3) is 11.0 Å². The quantitative estimate of drug-likeness (QED) is 0.393. The third kappa shape index (κ3) is 6.07. The first kappa shape index (κ1) is 27.9. The molecule has 0 radical (unpaired) electrons. The van der Waals surface area contributed by atoms with Crippen molar-refractivity contribution in [2.45, 2.75) is 71.1 Å². The van der Waals surface area contributed by atoms with Crippen LogP contribution >= 0.6 is 0 Å². The normalized spacial score (nSPS) is 19.0. The first-order valence-electron chi connectivity index (χ1n) is 14.5. The Bertz CT molecular complexity index is 1370. The molecule has 2 aliphatic rings. The van der Waals surface area contributed by atoms with Crippen LogP contribution in [0.4, 0.5) is 5.95 Å². The highest BCUT2D eigenvalue weighted by Gasteiger charge is 2.29. The number of piperidine rings is 1. The van der Waals surface area contributed by atoms with E-state index in [0.717, 1.165) is 67.5 Å². The van der Waals surface area contributed by atoms with Gasteiger partial charge in [0.05, 0.1) is 11.6 Å². The van der Waals surface area contributed by atoms with E-state index in [1.165, 1.54) is 6.08 Å². The van der Waals surface area contributed by atoms with Crippen LogP contribution in [-0.4, -0.2) is 69.5 Å². The molecular weight excluding hydrogens is 502 g/mol. The summed E-state index contributed by atoms with van der Waals surface area (Å²) in [6, 6.07) is 13.9. The van der Waals surface area contributed by atoms with Gasteiger partial charge in [-0.25, -0.2) is 4.98 Å². The highest BCUT2D eigenvalue weighted by Crippen LogP contribution is 2.36. The Kier molecular flexibility index (Phi) is 8.54. The maximum Gasteiger partial charge on any atom is 0.257 e. The molecule has 2 saturated heterocycles. The van der Waals surface area contributed by atoms with Crippen molar-refractivity contribution in [1.82, 2.24) is 19.4 Å². The van der Waals surface area contributed by atoms with Crippen LogP contribution in [0, 0.1) is 6.92 Å². The maximum absolute atomic E-state index is 13.4. The minimum atomic E-state index is -0.212. The zero-order valence-electron chi connectivity index (χ0n) is 23.9. The summed E-state index contributed by atoms with van der Waals surface area (Å²) < 4.78 is 8.78. The van der Waals surface area contributed by atoms with Gasteiger partial charge in [-0.15, -0.1) is 0 Å². The second kappa shape index (κ2) is 12.3. The fraction of sp³-hybridized carbons (Fsp3) is 0.469. The summed E-state index contributed by atoms with van der Waals surface area (Å²) in [5.74, 6) is 0.964. The molecule has 2 aromatic carbocycles. The van der Waals surface area contributed by atoms with Crippen LogP contribution in [0.3, 0.4) is 0 Å². The number of carbonyl (C=O) groups excluding carboxylic acids is 2. The molecule has 0 bridgehead atoms. The number of aryl methyl sites for hydroxylation is 1. The number of nitrogens with one attached hydrogen (secondary N) is 1. The van der Waals surface area contributed by atoms with E-state index in [9.17, 15) is 9.59 Å². The zero-order valence-corrected chi connectivity index (χ0v) is 23.9. The van der Waals surface area contributed by atoms with E-state index in [1.807, 2.05) is 54.3 Å². The summed E-state index contributed by atoms with van der Waals surface area (Å²) in [5, 5.41) is 3.10. The summed E-state index contributed by atoms with van der Waals surface area (Å²) in [4.78, 5) is 35.3. The van der Waals surface area contributed by atoms with Crippen LogP contribution < -0.4 is 10.1 Å². The second-order valence-corrected chi connectivity index (χ2v) is 11.3. The molecule has 40 heavy (non-hydrogen) atoms. The number of fused-ring (bicyclic) bond motifs is 1. The monoisotopic (exact) mass is 543 g/mol. The predicted octanol–water partition coefficient (Wildman–Crippen LogP) is 5.59. The van der Waals surface area contributed by atoms with Crippen LogP contribution in [-0.2, 0) is 4.79 Å². The molecule has 2 fully saturated rings. The van der Waals surface area contributed by atoms with Gasteiger partial charge in [-0.3, -0.25) is 14.9 Å². The summed E-state index contributed by atoms with van der Waals surface area (Å²) in [7, 11) is 0. The molecule has 2 aliphatic heterocycles. The van der Waals surface area contributed by atoms with Gasteiger partial charge in [0.1, 0.15) is 17.4 Å². The highest BCUT2D eigenvalue weighted by atomic mass is 16.5. The number of ether oxygens (including phenoxy) is 1. The van der Waals surface area contributed by atoms with Crippen LogP contribution in [0.15, 0.2) is 55.1 Å². The number of likely N-dealkylation sites (tertiary alicyclic amines) is 2. The molecule has 212 valence electrons. The van der Waals surface area contributed by atoms with E-state index in [4.69, 9.17) is 9.72 Å². The predicted molar refractivity (Wildman–Crippen MR) is 159 cm³/mol. The van der Waals surface area contributed by atoms with Crippen molar-refractivity contribution in [3.63, 3.8) is 0 Å². The lowest BCUT2D eigenvalue weighted by Crippen LogP contribution is -2.41. The summed E-state index contributed by atoms with van der Waals surface area (Å²) in [5.41, 5.74) is 3.23. The molecule has 2 amide bonds. The Morgan fingerprint density at radius 1 is 1.07 bits per heavy atom. The minimum absolute atomic E-state index is 0.0725. The third-order valence-corrected chi connectivity index (χ3v) is 8.18. The average molecular weight is 544 g/mol. The number of benzene rings is 2. The molecule has 3 aromatic rings. The number of imidazole rings is 1. The summed E-state index contributed by atoms with van der Waals surface area (Å²) >= 11 is 0. The highest BCUT2D eigenvalue weighted by molar-refractivity contribution is 6.04. The largest absolute Gasteiger partial charge is 0.488 e. The Morgan fingerprint density at radius 3 is 2.58 bits per heavy atom. The third-order valence-electron chi connectivity index (χ3n) is 8.18. The molecule has 5 rings (SSSR count). The Balaban J connectivity index is 1.53. The fourth-order valence-corrected chi connectivity index (χ4v) is 5.96. The van der Waals surface area contributed by atoms with Gasteiger partial charge in [0.25, 0.3) is 5.91 Å². The number of anilines is 1. The fourth-order valence-electron chi connectivity index (χ4n) is 5.96. The standard InChI is InChI=1S/C32H41N5O3/c1-5-29(38)36-17-7-6-12-25(21-36)37-30-27(33-32(37)34-31(39)24-11-8-10-23(4)20-24)13-9-14-28(30)40-26-15-18-35(19-16-26)22(2)3/h5,8-11,13-14,20,22,25-26H,1,6-7,12,15-19,21H2,2-4H3,(H,33,34,39)/t25-/m1/s1. The smallest absolute Gasteiger partial charge is 0.257 e. The van der Waals surface area contributed by atoms with Crippen LogP contribution in [0.2, 0.25) is 0 Å². The molecule has 3 heterocycles. The number of hydrogen-bond donors (Lipinski definition) is 1. The maximum atomic E-state index is 13.4. The lowest BCUT2D eigenvalue weighted by molar-refractivity contribution is -0.126. The van der Waals surface area contributed by atoms with Crippen molar-refractivity contribution < 1.29 is 14.3 Å². The zero-order chi connectivity index (χ0) is 28.2. The van der Waals surface area contributed by atoms with Gasteiger partial charge in [-0.05, 0) is 83.2 Å². The van der Waals surface area contributed by atoms with Crippen molar-refractivity contribution in [2.75, 3.05) is 31.5 Å². The molecule has 0 saturated carbocycles. The summed E-state index contributed by atoms with van der Waals surface area (Å²) in [6.07, 6.45) is 6.17. The molecule has 0 aliphatic carbocycles. The van der Waals surface area contributed by atoms with E-state index in [1.54, 1.807) is 0 Å². The van der Waals surface area contributed by atoms with Crippen LogP contribution in [0.1, 0.15) is 67.9 Å². The lowest BCUT2D eigenvalue weighted by Gasteiger charge is -2.34. The van der Waals surface area contributed by atoms with Crippen molar-refractivity contribution in [3.8, 4) is 5.75 Å². The molecule has 1 N–H and O–H groups in total. The van der Waals surface area contributed by atoms with Crippen molar-refractivity contribution in [2.24, 2.45) is 0 Å². The molecule has 1 aromatic heterocycles. The van der Waals surface area contributed by atoms with E-state index in [-0.39, 0.29) is 24.0 Å². The molecular formula is C32H41N5O3. The first-order valence-corrected chi connectivity index (χ1v) is 14.5. The van der Waals surface area contributed by atoms with E-state index >= 15 is 0 Å². The topological polar surface area (TPSA) is 79.7 Å². The minimum Gasteiger partial charge on any atom is -0.488 e. The number of nitrogens with zero attached hydrogens (tertiary/aromatic N) is 4. The lowest BCUT2D eigenvalue weighted by atomic mass is 10.1. The Morgan fingerprint density at radius 2 is 1.85 bits per heavy atom. The SMILES string of the molecule is C=CC(=O)N1CCCC[C@@H](n2c(NC(=O)c3cccc(C)c3)nc3cccc(OC4CCN(C(C)C)CC4)c32)C1. The second-order valence-electron chi connectivity index (χ2n) is 11.3. The van der Waals surface area contributed by atoms with E-state index in [2.05, 4.69) is 35.2 Å². The molecule has 8 heteroatoms. The Labute approximate surface area is 237 Å². The van der Waals surface area contributed by atoms with Crippen molar-refractivity contribution in [3.05, 3.63) is 66.2 Å². The van der Waals surface area contributed by atoms with Gasteiger partial charge in [0.2, 0.25) is 11.9 Å². The average Bonchev–Trinajstić information content (AvgIpc) is 3.14. The van der Waals surface area contributed by atoms with E-state index in [0.29, 0.717) is 30.6 Å². The number of rotatable bonds is 7. The van der Waals surface area contributed by atoms with Crippen LogP contribution in [0.5, 0.6) is 5.75 Å².